The van der Waals surface area contributed by atoms with Gasteiger partial charge in [0.15, 0.2) is 0 Å². The number of halogens is 3. The lowest BCUT2D eigenvalue weighted by atomic mass is 9.80. The average Bonchev–Trinajstić information content (AvgIpc) is 3.24. The van der Waals surface area contributed by atoms with E-state index in [1.807, 2.05) is 30.3 Å². The van der Waals surface area contributed by atoms with Gasteiger partial charge in [-0.05, 0) is 78.6 Å². The SMILES string of the molecule is O=C(NC1CCC(c2c(-c3ccc(F)cc3)[nH]c3c(F)cc(F)cc23)CC1)OCc1ccccc1. The number of ether oxygens (including phenoxy) is 1. The third-order valence-electron chi connectivity index (χ3n) is 6.67. The van der Waals surface area contributed by atoms with E-state index in [0.717, 1.165) is 30.0 Å². The van der Waals surface area contributed by atoms with E-state index in [1.54, 1.807) is 12.1 Å². The smallest absolute Gasteiger partial charge is 0.407 e. The molecule has 0 spiro atoms. The number of nitrogens with one attached hydrogen (secondary N) is 2. The lowest BCUT2D eigenvalue weighted by molar-refractivity contribution is 0.132. The molecule has 35 heavy (non-hydrogen) atoms. The van der Waals surface area contributed by atoms with Crippen molar-refractivity contribution in [3.8, 4) is 11.3 Å². The molecule has 1 saturated carbocycles. The number of hydrogen-bond acceptors (Lipinski definition) is 2. The number of fused-ring (bicyclic) bond motifs is 1. The van der Waals surface area contributed by atoms with Crippen LogP contribution in [0.15, 0.2) is 66.7 Å². The van der Waals surface area contributed by atoms with Crippen LogP contribution >= 0.6 is 0 Å². The highest BCUT2D eigenvalue weighted by Crippen LogP contribution is 2.43. The van der Waals surface area contributed by atoms with E-state index in [9.17, 15) is 18.0 Å². The fourth-order valence-electron chi connectivity index (χ4n) is 4.97. The summed E-state index contributed by atoms with van der Waals surface area (Å²) < 4.78 is 47.6. The van der Waals surface area contributed by atoms with Crippen LogP contribution in [-0.4, -0.2) is 17.1 Å². The minimum absolute atomic E-state index is 0.0309. The van der Waals surface area contributed by atoms with E-state index in [1.165, 1.54) is 18.2 Å². The number of alkyl carbamates (subject to hydrolysis) is 1. The summed E-state index contributed by atoms with van der Waals surface area (Å²) in [7, 11) is 0. The fraction of sp³-hybridized carbons (Fsp3) is 0.250. The molecule has 0 aliphatic heterocycles. The Morgan fingerprint density at radius 2 is 1.63 bits per heavy atom. The molecule has 4 nitrogen and oxygen atoms in total. The zero-order chi connectivity index (χ0) is 24.4. The Kier molecular flexibility index (Phi) is 6.49. The first-order valence-corrected chi connectivity index (χ1v) is 11.7. The monoisotopic (exact) mass is 478 g/mol. The lowest BCUT2D eigenvalue weighted by Gasteiger charge is -2.29. The number of amides is 1. The summed E-state index contributed by atoms with van der Waals surface area (Å²) in [6.07, 6.45) is 2.41. The van der Waals surface area contributed by atoms with Crippen molar-refractivity contribution in [3.63, 3.8) is 0 Å². The molecule has 0 unspecified atom stereocenters. The first kappa shape index (κ1) is 23.0. The largest absolute Gasteiger partial charge is 0.445 e. The van der Waals surface area contributed by atoms with Gasteiger partial charge in [0.1, 0.15) is 24.1 Å². The maximum atomic E-state index is 14.6. The normalized spacial score (nSPS) is 17.9. The van der Waals surface area contributed by atoms with Crippen molar-refractivity contribution in [2.24, 2.45) is 0 Å². The Morgan fingerprint density at radius 3 is 2.34 bits per heavy atom. The fourth-order valence-corrected chi connectivity index (χ4v) is 4.97. The molecule has 0 radical (unpaired) electrons. The second-order valence-corrected chi connectivity index (χ2v) is 8.99. The maximum absolute atomic E-state index is 14.6. The van der Waals surface area contributed by atoms with Crippen molar-refractivity contribution in [1.82, 2.24) is 10.3 Å². The molecule has 180 valence electrons. The van der Waals surface area contributed by atoms with Gasteiger partial charge in [-0.25, -0.2) is 18.0 Å². The third kappa shape index (κ3) is 5.04. The van der Waals surface area contributed by atoms with Crippen LogP contribution < -0.4 is 5.32 Å². The highest BCUT2D eigenvalue weighted by molar-refractivity contribution is 5.92. The lowest BCUT2D eigenvalue weighted by Crippen LogP contribution is -2.37. The summed E-state index contributed by atoms with van der Waals surface area (Å²) in [6, 6.07) is 17.6. The van der Waals surface area contributed by atoms with Crippen molar-refractivity contribution in [1.29, 1.82) is 0 Å². The second kappa shape index (κ2) is 9.86. The Hall–Kier alpha value is -3.74. The molecule has 2 N–H and O–H groups in total. The minimum Gasteiger partial charge on any atom is -0.445 e. The molecule has 7 heteroatoms. The number of benzene rings is 3. The number of aromatic amines is 1. The Labute approximate surface area is 201 Å². The second-order valence-electron chi connectivity index (χ2n) is 8.99. The topological polar surface area (TPSA) is 54.1 Å². The van der Waals surface area contributed by atoms with Crippen LogP contribution in [0.3, 0.4) is 0 Å². The Morgan fingerprint density at radius 1 is 0.914 bits per heavy atom. The first-order chi connectivity index (χ1) is 17.0. The summed E-state index contributed by atoms with van der Waals surface area (Å²) in [5.74, 6) is -1.64. The molecule has 5 rings (SSSR count). The van der Waals surface area contributed by atoms with Crippen molar-refractivity contribution in [2.75, 3.05) is 0 Å². The molecule has 1 heterocycles. The number of H-pyrrole nitrogens is 1. The van der Waals surface area contributed by atoms with Crippen molar-refractivity contribution < 1.29 is 22.7 Å². The third-order valence-corrected chi connectivity index (χ3v) is 6.67. The Balaban J connectivity index is 1.32. The van der Waals surface area contributed by atoms with Gasteiger partial charge in [0, 0.05) is 17.5 Å². The summed E-state index contributed by atoms with van der Waals surface area (Å²) in [6.45, 7) is 0.204. The standard InChI is InChI=1S/C28H25F3N2O2/c29-20-10-6-19(7-11-20)26-25(23-14-21(30)15-24(31)27(23)33-26)18-8-12-22(13-9-18)32-28(34)35-16-17-4-2-1-3-5-17/h1-7,10-11,14-15,18,22,33H,8-9,12-13,16H2,(H,32,34). The van der Waals surface area contributed by atoms with Gasteiger partial charge in [-0.2, -0.15) is 0 Å². The number of rotatable bonds is 5. The number of carbonyl (C=O) groups is 1. The van der Waals surface area contributed by atoms with E-state index in [0.29, 0.717) is 29.5 Å². The molecule has 1 amide bonds. The Bertz CT molecular complexity index is 1330. The van der Waals surface area contributed by atoms with E-state index in [-0.39, 0.29) is 29.9 Å². The van der Waals surface area contributed by atoms with Gasteiger partial charge in [0.05, 0.1) is 11.2 Å². The van der Waals surface area contributed by atoms with E-state index >= 15 is 0 Å². The molecule has 4 aromatic rings. The van der Waals surface area contributed by atoms with Crippen molar-refractivity contribution >= 4 is 17.0 Å². The molecule has 1 aliphatic rings. The summed E-state index contributed by atoms with van der Waals surface area (Å²) in [4.78, 5) is 15.4. The summed E-state index contributed by atoms with van der Waals surface area (Å²) in [5.41, 5.74) is 3.37. The van der Waals surface area contributed by atoms with Crippen LogP contribution in [0.25, 0.3) is 22.2 Å². The maximum Gasteiger partial charge on any atom is 0.407 e. The van der Waals surface area contributed by atoms with Crippen LogP contribution in [0, 0.1) is 17.5 Å². The zero-order valence-corrected chi connectivity index (χ0v) is 19.0. The quantitative estimate of drug-likeness (QED) is 0.319. The molecule has 0 bridgehead atoms. The zero-order valence-electron chi connectivity index (χ0n) is 19.0. The van der Waals surface area contributed by atoms with Crippen LogP contribution in [0.1, 0.15) is 42.7 Å². The molecule has 3 aromatic carbocycles. The van der Waals surface area contributed by atoms with Crippen LogP contribution in [-0.2, 0) is 11.3 Å². The first-order valence-electron chi connectivity index (χ1n) is 11.7. The van der Waals surface area contributed by atoms with Crippen LogP contribution in [0.2, 0.25) is 0 Å². The van der Waals surface area contributed by atoms with Gasteiger partial charge in [0.25, 0.3) is 0 Å². The van der Waals surface area contributed by atoms with E-state index in [4.69, 9.17) is 4.74 Å². The molecule has 1 fully saturated rings. The predicted octanol–water partition coefficient (Wildman–Crippen LogP) is 7.20. The van der Waals surface area contributed by atoms with Crippen molar-refractivity contribution in [2.45, 2.75) is 44.2 Å². The van der Waals surface area contributed by atoms with Crippen LogP contribution in [0.4, 0.5) is 18.0 Å². The van der Waals surface area contributed by atoms with Crippen molar-refractivity contribution in [3.05, 3.63) is 95.3 Å². The van der Waals surface area contributed by atoms with Gasteiger partial charge < -0.3 is 15.0 Å². The molecular formula is C28H25F3N2O2. The van der Waals surface area contributed by atoms with Gasteiger partial charge >= 0.3 is 6.09 Å². The van der Waals surface area contributed by atoms with Gasteiger partial charge in [-0.3, -0.25) is 0 Å². The van der Waals surface area contributed by atoms with Crippen LogP contribution in [0.5, 0.6) is 0 Å². The molecule has 1 aromatic heterocycles. The summed E-state index contributed by atoms with van der Waals surface area (Å²) in [5, 5.41) is 3.43. The molecular weight excluding hydrogens is 453 g/mol. The van der Waals surface area contributed by atoms with E-state index in [2.05, 4.69) is 10.3 Å². The number of hydrogen-bond donors (Lipinski definition) is 2. The molecule has 1 aliphatic carbocycles. The summed E-state index contributed by atoms with van der Waals surface area (Å²) >= 11 is 0. The molecule has 0 saturated heterocycles. The van der Waals surface area contributed by atoms with Gasteiger partial charge in [0.2, 0.25) is 0 Å². The predicted molar refractivity (Wildman–Crippen MR) is 128 cm³/mol. The minimum atomic E-state index is -0.661. The number of carbonyl (C=O) groups excluding carboxylic acids is 1. The van der Waals surface area contributed by atoms with E-state index < -0.39 is 17.7 Å². The highest BCUT2D eigenvalue weighted by atomic mass is 19.1. The van der Waals surface area contributed by atoms with Gasteiger partial charge in [-0.15, -0.1) is 0 Å². The number of aromatic nitrogens is 1. The average molecular weight is 479 g/mol. The molecule has 0 atom stereocenters. The van der Waals surface area contributed by atoms with Gasteiger partial charge in [-0.1, -0.05) is 30.3 Å². The highest BCUT2D eigenvalue weighted by Gasteiger charge is 2.29.